The summed E-state index contributed by atoms with van der Waals surface area (Å²) in [5.41, 5.74) is 5.98. The first-order valence-electron chi connectivity index (χ1n) is 7.08. The van der Waals surface area contributed by atoms with Gasteiger partial charge in [0.1, 0.15) is 0 Å². The third-order valence-corrected chi connectivity index (χ3v) is 4.78. The number of fused-ring (bicyclic) bond motifs is 1. The number of nitrogens with zero attached hydrogens (tertiary/aromatic N) is 1. The van der Waals surface area contributed by atoms with E-state index in [0.29, 0.717) is 12.1 Å². The van der Waals surface area contributed by atoms with Gasteiger partial charge in [-0.3, -0.25) is 4.90 Å². The molecule has 4 unspecified atom stereocenters. The van der Waals surface area contributed by atoms with Crippen molar-refractivity contribution in [3.05, 3.63) is 0 Å². The maximum absolute atomic E-state index is 5.98. The predicted octanol–water partition coefficient (Wildman–Crippen LogP) is 1.08. The Balaban J connectivity index is 1.55. The van der Waals surface area contributed by atoms with Gasteiger partial charge in [-0.25, -0.2) is 0 Å². The van der Waals surface area contributed by atoms with Gasteiger partial charge in [-0.2, -0.15) is 0 Å². The predicted molar refractivity (Wildman–Crippen MR) is 66.4 cm³/mol. The molecule has 0 radical (unpaired) electrons. The van der Waals surface area contributed by atoms with E-state index in [4.69, 9.17) is 5.73 Å². The smallest absolute Gasteiger partial charge is 0.0249 e. The number of piperidine rings is 1. The van der Waals surface area contributed by atoms with Crippen LogP contribution in [0.25, 0.3) is 0 Å². The fraction of sp³-hybridized carbons (Fsp3) is 1.00. The number of rotatable bonds is 2. The van der Waals surface area contributed by atoms with Crippen LogP contribution < -0.4 is 11.1 Å². The molecular weight excluding hydrogens is 198 g/mol. The van der Waals surface area contributed by atoms with Crippen LogP contribution in [-0.2, 0) is 0 Å². The molecule has 4 atom stereocenters. The van der Waals surface area contributed by atoms with Crippen LogP contribution in [0.2, 0.25) is 0 Å². The molecule has 0 amide bonds. The second-order valence-electron chi connectivity index (χ2n) is 5.93. The van der Waals surface area contributed by atoms with Crippen LogP contribution in [0.5, 0.6) is 0 Å². The van der Waals surface area contributed by atoms with E-state index in [1.54, 1.807) is 0 Å². The molecule has 3 rings (SSSR count). The molecular formula is C13H25N3. The average molecular weight is 223 g/mol. The van der Waals surface area contributed by atoms with Crippen molar-refractivity contribution < 1.29 is 0 Å². The molecule has 2 saturated heterocycles. The van der Waals surface area contributed by atoms with E-state index in [0.717, 1.165) is 12.1 Å². The quantitative estimate of drug-likeness (QED) is 0.736. The van der Waals surface area contributed by atoms with Crippen molar-refractivity contribution >= 4 is 0 Å². The monoisotopic (exact) mass is 223 g/mol. The molecule has 3 N–H and O–H groups in total. The first kappa shape index (κ1) is 11.0. The second-order valence-corrected chi connectivity index (χ2v) is 5.93. The summed E-state index contributed by atoms with van der Waals surface area (Å²) in [4.78, 5) is 2.70. The van der Waals surface area contributed by atoms with Gasteiger partial charge in [-0.15, -0.1) is 0 Å². The number of hydrogen-bond acceptors (Lipinski definition) is 3. The van der Waals surface area contributed by atoms with Crippen LogP contribution >= 0.6 is 0 Å². The fourth-order valence-electron chi connectivity index (χ4n) is 3.91. The van der Waals surface area contributed by atoms with Gasteiger partial charge in [-0.1, -0.05) is 6.42 Å². The van der Waals surface area contributed by atoms with Gasteiger partial charge >= 0.3 is 0 Å². The highest BCUT2D eigenvalue weighted by Gasteiger charge is 2.37. The van der Waals surface area contributed by atoms with Crippen LogP contribution in [0.3, 0.4) is 0 Å². The Morgan fingerprint density at radius 3 is 2.75 bits per heavy atom. The third-order valence-electron chi connectivity index (χ3n) is 4.78. The lowest BCUT2D eigenvalue weighted by Crippen LogP contribution is -2.47. The lowest BCUT2D eigenvalue weighted by molar-refractivity contribution is 0.176. The molecule has 3 nitrogen and oxygen atoms in total. The zero-order chi connectivity index (χ0) is 11.0. The molecule has 0 spiro atoms. The lowest BCUT2D eigenvalue weighted by Gasteiger charge is -2.33. The van der Waals surface area contributed by atoms with E-state index in [2.05, 4.69) is 10.2 Å². The summed E-state index contributed by atoms with van der Waals surface area (Å²) in [7, 11) is 0. The van der Waals surface area contributed by atoms with Crippen LogP contribution in [-0.4, -0.2) is 42.2 Å². The van der Waals surface area contributed by atoms with Crippen LogP contribution in [0.1, 0.15) is 44.9 Å². The summed E-state index contributed by atoms with van der Waals surface area (Å²) in [6.45, 7) is 2.66. The molecule has 1 saturated carbocycles. The normalized spacial score (nSPS) is 44.8. The minimum Gasteiger partial charge on any atom is -0.328 e. The average Bonchev–Trinajstić information content (AvgIpc) is 2.87. The number of nitrogens with two attached hydrogens (primary N) is 1. The molecule has 92 valence electrons. The van der Waals surface area contributed by atoms with E-state index in [1.165, 1.54) is 58.0 Å². The minimum absolute atomic E-state index is 0.460. The van der Waals surface area contributed by atoms with Gasteiger partial charge in [0.05, 0.1) is 0 Å². The van der Waals surface area contributed by atoms with Crippen molar-refractivity contribution in [2.45, 2.75) is 69.1 Å². The molecule has 16 heavy (non-hydrogen) atoms. The first-order valence-corrected chi connectivity index (χ1v) is 7.08. The lowest BCUT2D eigenvalue weighted by atomic mass is 9.98. The standard InChI is InChI=1S/C13H25N3/c14-10-4-5-11(9-10)15-12-6-8-16-7-2-1-3-13(12)16/h10-13,15H,1-9,14H2. The van der Waals surface area contributed by atoms with E-state index >= 15 is 0 Å². The summed E-state index contributed by atoms with van der Waals surface area (Å²) in [6.07, 6.45) is 9.33. The van der Waals surface area contributed by atoms with Crippen molar-refractivity contribution in [3.8, 4) is 0 Å². The Morgan fingerprint density at radius 1 is 1.00 bits per heavy atom. The van der Waals surface area contributed by atoms with Crippen molar-refractivity contribution in [3.63, 3.8) is 0 Å². The summed E-state index contributed by atoms with van der Waals surface area (Å²) < 4.78 is 0. The molecule has 3 aliphatic rings. The largest absolute Gasteiger partial charge is 0.328 e. The summed E-state index contributed by atoms with van der Waals surface area (Å²) in [5, 5.41) is 3.89. The summed E-state index contributed by atoms with van der Waals surface area (Å²) >= 11 is 0. The van der Waals surface area contributed by atoms with Crippen LogP contribution in [0.4, 0.5) is 0 Å². The molecule has 0 aromatic rings. The number of nitrogens with one attached hydrogen (secondary N) is 1. The van der Waals surface area contributed by atoms with Crippen LogP contribution in [0.15, 0.2) is 0 Å². The topological polar surface area (TPSA) is 41.3 Å². The Labute approximate surface area is 98.8 Å². The van der Waals surface area contributed by atoms with Crippen LogP contribution in [0, 0.1) is 0 Å². The van der Waals surface area contributed by atoms with Crippen molar-refractivity contribution in [1.82, 2.24) is 10.2 Å². The van der Waals surface area contributed by atoms with Crippen molar-refractivity contribution in [1.29, 1.82) is 0 Å². The van der Waals surface area contributed by atoms with Crippen molar-refractivity contribution in [2.24, 2.45) is 5.73 Å². The van der Waals surface area contributed by atoms with Gasteiger partial charge < -0.3 is 11.1 Å². The van der Waals surface area contributed by atoms with Gasteiger partial charge in [0.15, 0.2) is 0 Å². The van der Waals surface area contributed by atoms with Gasteiger partial charge in [0.2, 0.25) is 0 Å². The maximum atomic E-state index is 5.98. The molecule has 0 bridgehead atoms. The zero-order valence-electron chi connectivity index (χ0n) is 10.2. The molecule has 3 heteroatoms. The molecule has 1 aliphatic carbocycles. The van der Waals surface area contributed by atoms with Crippen molar-refractivity contribution in [2.75, 3.05) is 13.1 Å². The summed E-state index contributed by atoms with van der Waals surface area (Å²) in [6, 6.07) is 2.77. The highest BCUT2D eigenvalue weighted by Crippen LogP contribution is 2.29. The third kappa shape index (κ3) is 2.13. The molecule has 0 aromatic heterocycles. The van der Waals surface area contributed by atoms with Gasteiger partial charge in [-0.05, 0) is 45.1 Å². The maximum Gasteiger partial charge on any atom is 0.0249 e. The molecule has 0 aromatic carbocycles. The van der Waals surface area contributed by atoms with Gasteiger partial charge in [0.25, 0.3) is 0 Å². The molecule has 2 heterocycles. The second kappa shape index (κ2) is 4.63. The minimum atomic E-state index is 0.460. The Bertz CT molecular complexity index is 243. The summed E-state index contributed by atoms with van der Waals surface area (Å²) in [5.74, 6) is 0. The SMILES string of the molecule is NC1CCC(NC2CCN3CCCCC23)C1. The Kier molecular flexibility index (Phi) is 3.18. The van der Waals surface area contributed by atoms with Gasteiger partial charge in [0, 0.05) is 30.7 Å². The fourth-order valence-corrected chi connectivity index (χ4v) is 3.91. The molecule has 3 fully saturated rings. The highest BCUT2D eigenvalue weighted by atomic mass is 15.2. The van der Waals surface area contributed by atoms with E-state index in [1.807, 2.05) is 0 Å². The first-order chi connectivity index (χ1) is 7.83. The number of hydrogen-bond donors (Lipinski definition) is 2. The Hall–Kier alpha value is -0.120. The van der Waals surface area contributed by atoms with E-state index < -0.39 is 0 Å². The Morgan fingerprint density at radius 2 is 1.94 bits per heavy atom. The molecule has 2 aliphatic heterocycles. The highest BCUT2D eigenvalue weighted by molar-refractivity contribution is 4.96. The zero-order valence-corrected chi connectivity index (χ0v) is 10.2. The van der Waals surface area contributed by atoms with E-state index in [-0.39, 0.29) is 0 Å². The van der Waals surface area contributed by atoms with E-state index in [9.17, 15) is 0 Å².